The minimum atomic E-state index is -0.446. The van der Waals surface area contributed by atoms with E-state index in [2.05, 4.69) is 438 Å². The molecule has 0 N–H and O–H groups in total. The van der Waals surface area contributed by atoms with Crippen LogP contribution >= 0.6 is 66.5 Å². The van der Waals surface area contributed by atoms with Gasteiger partial charge < -0.3 is 18.8 Å². The summed E-state index contributed by atoms with van der Waals surface area (Å²) in [5.74, 6) is 0. The summed E-state index contributed by atoms with van der Waals surface area (Å²) in [5, 5.41) is 32.6. The van der Waals surface area contributed by atoms with Crippen LogP contribution in [0, 0.1) is 0 Å². The Hall–Kier alpha value is -10.5. The fourth-order valence-electron chi connectivity index (χ4n) is 19.7. The van der Waals surface area contributed by atoms with Crippen LogP contribution in [0.1, 0.15) is 147 Å². The van der Waals surface area contributed by atoms with Gasteiger partial charge in [-0.1, -0.05) is 475 Å². The maximum Gasteiger partial charge on any atom is 0.514 e. The van der Waals surface area contributed by atoms with Gasteiger partial charge in [0.1, 0.15) is 21.7 Å². The van der Waals surface area contributed by atoms with Gasteiger partial charge in [0.2, 0.25) is 0 Å². The summed E-state index contributed by atoms with van der Waals surface area (Å²) in [5.41, 5.74) is 8.17. The van der Waals surface area contributed by atoms with E-state index < -0.39 is 31.7 Å². The second-order valence-corrected chi connectivity index (χ2v) is 48.0. The number of pyridine rings is 2. The number of nitrogens with zero attached hydrogens (tertiary/aromatic N) is 6. The fraction of sp³-hybridized carbons (Fsp3) is 0.220. The molecule has 18 aromatic rings. The first-order valence-electron chi connectivity index (χ1n) is 49.3. The van der Waals surface area contributed by atoms with Crippen molar-refractivity contribution in [3.8, 4) is 11.4 Å². The second-order valence-electron chi connectivity index (χ2n) is 37.9. The smallest absolute Gasteiger partial charge is 0.398 e. The van der Waals surface area contributed by atoms with Crippen molar-refractivity contribution < 1.29 is 39.2 Å². The Bertz CT molecular complexity index is 6160. The Morgan fingerprint density at radius 1 is 0.310 bits per heavy atom. The molecule has 3 aliphatic heterocycles. The molecule has 3 saturated heterocycles. The molecule has 4 unspecified atom stereocenters. The summed E-state index contributed by atoms with van der Waals surface area (Å²) in [6, 6.07) is 149. The first-order valence-corrected chi connectivity index (χ1v) is 55.8. The summed E-state index contributed by atoms with van der Waals surface area (Å²) < 4.78 is 29.3. The molecule has 4 aromatic heterocycles. The molecule has 1 saturated carbocycles. The minimum absolute atomic E-state index is 0. The summed E-state index contributed by atoms with van der Waals surface area (Å²) in [6.45, 7) is 15.2. The van der Waals surface area contributed by atoms with Gasteiger partial charge in [0.25, 0.3) is 0 Å². The summed E-state index contributed by atoms with van der Waals surface area (Å²) in [7, 11) is -2.09. The molecule has 10 nitrogen and oxygen atoms in total. The predicted octanol–water partition coefficient (Wildman–Crippen LogP) is 26.2. The molecule has 0 radical (unpaired) electrons. The Kier molecular flexibility index (Phi) is 35.4. The van der Waals surface area contributed by atoms with Crippen LogP contribution in [0.25, 0.3) is 32.9 Å². The molecule has 24 rings (SSSR count). The molecule has 3 aliphatic carbocycles. The molecule has 0 amide bonds. The SMILES string of the molecule is CC1(C)CCCc2c1nn(C1CCCCO1)c2-c1nc(Cl)cc2ccccc12.CC1(C)CCCc2c1nn(C1CCCCO1)c2B1OC2(C)CC2(C)O1.Clc1cc2ccccc2c(Cl)n1.[Pd].c1ccc(P(c2ccccc2)c2ccccc2)cc1.c1ccc(P(c2ccccc2)c2ccccc2)cc1.c1ccc(P(c2ccccc2)c2ccccc2)cc1.c1ccc(P(c2ccccc2)c2ccccc2)cc1. The van der Waals surface area contributed by atoms with Crippen LogP contribution in [-0.2, 0) is 62.9 Å². The van der Waals surface area contributed by atoms with Crippen molar-refractivity contribution >= 4 is 164 Å². The van der Waals surface area contributed by atoms with Crippen molar-refractivity contribution in [3.05, 3.63) is 463 Å². The summed E-state index contributed by atoms with van der Waals surface area (Å²) >= 11 is 18.0. The number of halogens is 3. The molecular weight excluding hydrogens is 1970 g/mol. The van der Waals surface area contributed by atoms with E-state index in [0.717, 1.165) is 103 Å². The quantitative estimate of drug-likeness (QED) is 0.0536. The number of aromatic nitrogens is 6. The molecule has 19 heteroatoms. The van der Waals surface area contributed by atoms with E-state index in [1.807, 2.05) is 36.4 Å². The second kappa shape index (κ2) is 48.9. The molecule has 4 fully saturated rings. The van der Waals surface area contributed by atoms with E-state index in [9.17, 15) is 0 Å². The predicted molar refractivity (Wildman–Crippen MR) is 601 cm³/mol. The van der Waals surface area contributed by atoms with Crippen molar-refractivity contribution in [3.63, 3.8) is 0 Å². The molecule has 142 heavy (non-hydrogen) atoms. The number of fused-ring (bicyclic) bond motifs is 5. The number of rotatable bonds is 16. The van der Waals surface area contributed by atoms with Gasteiger partial charge in [-0.25, -0.2) is 19.3 Å². The molecule has 4 atom stereocenters. The van der Waals surface area contributed by atoms with Crippen LogP contribution in [0.2, 0.25) is 15.5 Å². The zero-order valence-electron chi connectivity index (χ0n) is 81.3. The van der Waals surface area contributed by atoms with Crippen LogP contribution in [0.3, 0.4) is 0 Å². The van der Waals surface area contributed by atoms with Gasteiger partial charge in [-0.2, -0.15) is 10.2 Å². The Morgan fingerprint density at radius 2 is 0.577 bits per heavy atom. The molecule has 720 valence electrons. The van der Waals surface area contributed by atoms with Crippen LogP contribution in [0.15, 0.2) is 425 Å². The van der Waals surface area contributed by atoms with Gasteiger partial charge in [0.15, 0.2) is 6.23 Å². The number of benzene rings is 14. The summed E-state index contributed by atoms with van der Waals surface area (Å²) in [6.07, 6.45) is 14.4. The first kappa shape index (κ1) is 103. The van der Waals surface area contributed by atoms with Gasteiger partial charge >= 0.3 is 7.12 Å². The van der Waals surface area contributed by atoms with Crippen LogP contribution < -0.4 is 69.2 Å². The molecule has 7 heterocycles. The third kappa shape index (κ3) is 25.0. The Labute approximate surface area is 872 Å². The van der Waals surface area contributed by atoms with Gasteiger partial charge in [-0.05, 0) is 215 Å². The van der Waals surface area contributed by atoms with Crippen LogP contribution in [0.4, 0.5) is 0 Å². The largest absolute Gasteiger partial charge is 0.514 e. The average molecular weight is 2090 g/mol. The van der Waals surface area contributed by atoms with Crippen molar-refractivity contribution in [1.82, 2.24) is 29.5 Å². The van der Waals surface area contributed by atoms with Gasteiger partial charge in [0, 0.05) is 67.2 Å². The topological polar surface area (TPSA) is 98.3 Å². The van der Waals surface area contributed by atoms with Gasteiger partial charge in [-0.3, -0.25) is 0 Å². The Balaban J connectivity index is 0.000000115. The van der Waals surface area contributed by atoms with E-state index in [1.54, 1.807) is 6.07 Å². The number of hydrogen-bond acceptors (Lipinski definition) is 8. The fourth-order valence-corrected chi connectivity index (χ4v) is 29.6. The standard InChI is InChI=1S/C23H26ClN3O.C19H29BN2O3.4C18H15P.C9H5Cl2N.Pd/c1-23(2)12-7-10-17-21(27(26-22(17)23)19-11-5-6-13-28-19)20-16-9-4-3-8-15(16)14-18(24)25-20;1-17(2)10-7-8-13-15(17)21-22(14-9-5-6-11-23-14)16(13)20-24-18(3)12-19(18,4)25-20;4*1-4-10-16(11-5-1)19(17-12-6-2-7-13-17)18-14-8-3-9-15-18;10-8-5-6-3-1-2-4-7(6)9(11)12-8;/h3-4,8-9,14,19H,5-7,10-13H2,1-2H3;14H,5-12H2,1-4H3;4*1-15H;1-5H;. The van der Waals surface area contributed by atoms with Crippen molar-refractivity contribution in [2.45, 2.75) is 160 Å². The van der Waals surface area contributed by atoms with E-state index in [1.165, 1.54) is 118 Å². The van der Waals surface area contributed by atoms with E-state index >= 15 is 0 Å². The van der Waals surface area contributed by atoms with Crippen molar-refractivity contribution in [2.75, 3.05) is 13.2 Å². The van der Waals surface area contributed by atoms with Gasteiger partial charge in [0.05, 0.1) is 39.6 Å². The van der Waals surface area contributed by atoms with Gasteiger partial charge in [-0.15, -0.1) is 0 Å². The maximum absolute atomic E-state index is 6.45. The normalized spacial score (nSPS) is 17.7. The van der Waals surface area contributed by atoms with E-state index in [-0.39, 0.29) is 62.0 Å². The van der Waals surface area contributed by atoms with Crippen molar-refractivity contribution in [1.29, 1.82) is 0 Å². The zero-order valence-corrected chi connectivity index (χ0v) is 88.7. The third-order valence-corrected chi connectivity index (χ3v) is 37.5. The van der Waals surface area contributed by atoms with E-state index in [4.69, 9.17) is 68.8 Å². The molecular formula is C123H120BCl3N6O4P4Pd. The number of ether oxygens (including phenoxy) is 2. The molecule has 0 bridgehead atoms. The maximum atomic E-state index is 6.45. The van der Waals surface area contributed by atoms with Crippen LogP contribution in [-0.4, -0.2) is 61.1 Å². The van der Waals surface area contributed by atoms with Crippen LogP contribution in [0.5, 0.6) is 0 Å². The van der Waals surface area contributed by atoms with Crippen molar-refractivity contribution in [2.24, 2.45) is 0 Å². The molecule has 0 spiro atoms. The minimum Gasteiger partial charge on any atom is -0.398 e. The average Bonchev–Trinajstić information content (AvgIpc) is 1.52. The number of hydrogen-bond donors (Lipinski definition) is 0. The Morgan fingerprint density at radius 3 is 0.894 bits per heavy atom. The monoisotopic (exact) mass is 2090 g/mol. The zero-order chi connectivity index (χ0) is 97.0. The van der Waals surface area contributed by atoms with E-state index in [0.29, 0.717) is 15.5 Å². The molecule has 6 aliphatic rings. The third-order valence-electron chi connectivity index (χ3n) is 27.0. The summed E-state index contributed by atoms with van der Waals surface area (Å²) in [4.78, 5) is 8.74. The first-order chi connectivity index (χ1) is 68.9. The molecule has 14 aromatic carbocycles.